The number of nitrogens with zero attached hydrogens (tertiary/aromatic N) is 1. The third-order valence-electron chi connectivity index (χ3n) is 3.65. The van der Waals surface area contributed by atoms with E-state index in [2.05, 4.69) is 11.8 Å². The van der Waals surface area contributed by atoms with E-state index in [1.807, 2.05) is 30.0 Å². The lowest BCUT2D eigenvalue weighted by molar-refractivity contribution is 0.0679. The summed E-state index contributed by atoms with van der Waals surface area (Å²) in [4.78, 5) is 14.6. The van der Waals surface area contributed by atoms with Crippen LogP contribution < -0.4 is 0 Å². The summed E-state index contributed by atoms with van der Waals surface area (Å²) in [5.41, 5.74) is 2.34. The molecule has 1 aliphatic carbocycles. The van der Waals surface area contributed by atoms with Crippen molar-refractivity contribution in [2.24, 2.45) is 0 Å². The van der Waals surface area contributed by atoms with Crippen LogP contribution in [0.4, 0.5) is 0 Å². The summed E-state index contributed by atoms with van der Waals surface area (Å²) in [5.74, 6) is 5.56. The van der Waals surface area contributed by atoms with Gasteiger partial charge in [-0.2, -0.15) is 0 Å². The molecule has 1 aliphatic rings. The van der Waals surface area contributed by atoms with Crippen molar-refractivity contribution in [3.05, 3.63) is 34.9 Å². The minimum atomic E-state index is -0.181. The van der Waals surface area contributed by atoms with Gasteiger partial charge in [-0.25, -0.2) is 0 Å². The first kappa shape index (κ1) is 15.6. The molecule has 1 aromatic rings. The highest BCUT2D eigenvalue weighted by atomic mass is 16.5. The maximum atomic E-state index is 12.8. The van der Waals surface area contributed by atoms with Crippen LogP contribution in [0, 0.1) is 18.8 Å². The van der Waals surface area contributed by atoms with E-state index in [1.54, 1.807) is 7.11 Å². The molecular weight excluding hydrogens is 266 g/mol. The van der Waals surface area contributed by atoms with Gasteiger partial charge in [0.25, 0.3) is 5.91 Å². The van der Waals surface area contributed by atoms with E-state index >= 15 is 0 Å². The molecule has 1 amide bonds. The molecule has 21 heavy (non-hydrogen) atoms. The summed E-state index contributed by atoms with van der Waals surface area (Å²) in [6.07, 6.45) is 2.14. The Labute approximate surface area is 125 Å². The molecular formula is C17H21NO3. The number of amides is 1. The molecule has 0 radical (unpaired) electrons. The second kappa shape index (κ2) is 7.26. The van der Waals surface area contributed by atoms with E-state index < -0.39 is 0 Å². The maximum Gasteiger partial charge on any atom is 0.254 e. The Hall–Kier alpha value is -1.83. The lowest BCUT2D eigenvalue weighted by Crippen LogP contribution is -2.36. The number of rotatable bonds is 5. The predicted octanol–water partition coefficient (Wildman–Crippen LogP) is 1.59. The number of benzene rings is 1. The molecule has 1 N–H and O–H groups in total. The molecule has 1 aromatic carbocycles. The summed E-state index contributed by atoms with van der Waals surface area (Å²) < 4.78 is 5.10. The van der Waals surface area contributed by atoms with E-state index in [4.69, 9.17) is 9.84 Å². The third kappa shape index (κ3) is 3.84. The number of ether oxygens (including phenoxy) is 1. The number of aliphatic hydroxyl groups is 1. The second-order valence-electron chi connectivity index (χ2n) is 5.16. The summed E-state index contributed by atoms with van der Waals surface area (Å²) in [6, 6.07) is 5.89. The molecule has 0 heterocycles. The van der Waals surface area contributed by atoms with Crippen LogP contribution in [0.25, 0.3) is 0 Å². The average Bonchev–Trinajstić information content (AvgIpc) is 3.31. The number of hydrogen-bond acceptors (Lipinski definition) is 3. The first-order chi connectivity index (χ1) is 10.2. The SMILES string of the molecule is COCCN(C(=O)c1cccc(C#CCO)c1C)C1CC1. The Balaban J connectivity index is 2.25. The summed E-state index contributed by atoms with van der Waals surface area (Å²) in [5, 5.41) is 8.80. The second-order valence-corrected chi connectivity index (χ2v) is 5.16. The number of carbonyl (C=O) groups excluding carboxylic acids is 1. The Kier molecular flexibility index (Phi) is 5.38. The number of carbonyl (C=O) groups is 1. The van der Waals surface area contributed by atoms with Gasteiger partial charge in [0.2, 0.25) is 0 Å². The van der Waals surface area contributed by atoms with Crippen molar-refractivity contribution in [1.82, 2.24) is 4.90 Å². The van der Waals surface area contributed by atoms with Crippen molar-refractivity contribution in [1.29, 1.82) is 0 Å². The highest BCUT2D eigenvalue weighted by molar-refractivity contribution is 5.96. The quantitative estimate of drug-likeness (QED) is 0.837. The van der Waals surface area contributed by atoms with Crippen LogP contribution in [-0.4, -0.2) is 48.8 Å². The molecule has 4 heteroatoms. The molecule has 0 unspecified atom stereocenters. The Morgan fingerprint density at radius 1 is 1.48 bits per heavy atom. The van der Waals surface area contributed by atoms with Gasteiger partial charge in [0.15, 0.2) is 0 Å². The van der Waals surface area contributed by atoms with Crippen molar-refractivity contribution in [3.8, 4) is 11.8 Å². The van der Waals surface area contributed by atoms with Gasteiger partial charge in [0, 0.05) is 30.8 Å². The zero-order chi connectivity index (χ0) is 15.2. The van der Waals surface area contributed by atoms with Crippen LogP contribution in [0.3, 0.4) is 0 Å². The highest BCUT2D eigenvalue weighted by Crippen LogP contribution is 2.29. The molecule has 0 aromatic heterocycles. The van der Waals surface area contributed by atoms with E-state index in [-0.39, 0.29) is 12.5 Å². The van der Waals surface area contributed by atoms with Crippen LogP contribution in [0.2, 0.25) is 0 Å². The van der Waals surface area contributed by atoms with E-state index in [9.17, 15) is 4.79 Å². The smallest absolute Gasteiger partial charge is 0.254 e. The highest BCUT2D eigenvalue weighted by Gasteiger charge is 2.33. The van der Waals surface area contributed by atoms with Crippen LogP contribution in [-0.2, 0) is 4.74 Å². The van der Waals surface area contributed by atoms with E-state index in [1.165, 1.54) is 0 Å². The van der Waals surface area contributed by atoms with E-state index in [0.717, 1.165) is 24.0 Å². The largest absolute Gasteiger partial charge is 0.384 e. The Bertz CT molecular complexity index is 567. The number of hydrogen-bond donors (Lipinski definition) is 1. The zero-order valence-electron chi connectivity index (χ0n) is 12.6. The van der Waals surface area contributed by atoms with Gasteiger partial charge >= 0.3 is 0 Å². The normalized spacial score (nSPS) is 13.5. The molecule has 0 spiro atoms. The molecule has 112 valence electrons. The fourth-order valence-corrected chi connectivity index (χ4v) is 2.32. The van der Waals surface area contributed by atoms with Gasteiger partial charge in [-0.15, -0.1) is 0 Å². The Morgan fingerprint density at radius 3 is 2.86 bits per heavy atom. The van der Waals surface area contributed by atoms with Crippen molar-refractivity contribution < 1.29 is 14.6 Å². The number of methoxy groups -OCH3 is 1. The van der Waals surface area contributed by atoms with Crippen molar-refractivity contribution in [2.75, 3.05) is 26.9 Å². The molecule has 0 aliphatic heterocycles. The summed E-state index contributed by atoms with van der Waals surface area (Å²) in [6.45, 7) is 2.88. The first-order valence-corrected chi connectivity index (χ1v) is 7.18. The fraction of sp³-hybridized carbons (Fsp3) is 0.471. The minimum Gasteiger partial charge on any atom is -0.384 e. The van der Waals surface area contributed by atoms with Gasteiger partial charge in [-0.1, -0.05) is 17.9 Å². The molecule has 0 bridgehead atoms. The molecule has 1 fully saturated rings. The molecule has 4 nitrogen and oxygen atoms in total. The third-order valence-corrected chi connectivity index (χ3v) is 3.65. The van der Waals surface area contributed by atoms with Crippen molar-refractivity contribution in [3.63, 3.8) is 0 Å². The molecule has 0 saturated heterocycles. The molecule has 1 saturated carbocycles. The molecule has 0 atom stereocenters. The van der Waals surface area contributed by atoms with Crippen LogP contribution >= 0.6 is 0 Å². The zero-order valence-corrected chi connectivity index (χ0v) is 12.6. The lowest BCUT2D eigenvalue weighted by atomic mass is 10.0. The first-order valence-electron chi connectivity index (χ1n) is 7.18. The fourth-order valence-electron chi connectivity index (χ4n) is 2.32. The van der Waals surface area contributed by atoms with Gasteiger partial charge < -0.3 is 14.7 Å². The average molecular weight is 287 g/mol. The molecule has 2 rings (SSSR count). The van der Waals surface area contributed by atoms with Crippen LogP contribution in [0.1, 0.15) is 34.3 Å². The van der Waals surface area contributed by atoms with Gasteiger partial charge in [-0.3, -0.25) is 4.79 Å². The van der Waals surface area contributed by atoms with Gasteiger partial charge in [-0.05, 0) is 37.5 Å². The van der Waals surface area contributed by atoms with Gasteiger partial charge in [0.05, 0.1) is 6.61 Å². The van der Waals surface area contributed by atoms with Crippen LogP contribution in [0.15, 0.2) is 18.2 Å². The standard InChI is InChI=1S/C17H21NO3/c1-13-14(6-4-11-19)5-3-7-16(13)17(20)18(10-12-21-2)15-8-9-15/h3,5,7,15,19H,8-12H2,1-2H3. The Morgan fingerprint density at radius 2 is 2.24 bits per heavy atom. The lowest BCUT2D eigenvalue weighted by Gasteiger charge is -2.23. The van der Waals surface area contributed by atoms with Crippen molar-refractivity contribution in [2.45, 2.75) is 25.8 Å². The monoisotopic (exact) mass is 287 g/mol. The summed E-state index contributed by atoms with van der Waals surface area (Å²) >= 11 is 0. The van der Waals surface area contributed by atoms with E-state index in [0.29, 0.717) is 24.8 Å². The predicted molar refractivity (Wildman–Crippen MR) is 81.1 cm³/mol. The summed E-state index contributed by atoms with van der Waals surface area (Å²) in [7, 11) is 1.64. The van der Waals surface area contributed by atoms with Gasteiger partial charge in [0.1, 0.15) is 6.61 Å². The minimum absolute atomic E-state index is 0.0414. The maximum absolute atomic E-state index is 12.8. The van der Waals surface area contributed by atoms with Crippen molar-refractivity contribution >= 4 is 5.91 Å². The topological polar surface area (TPSA) is 49.8 Å². The number of aliphatic hydroxyl groups excluding tert-OH is 1. The van der Waals surface area contributed by atoms with Crippen LogP contribution in [0.5, 0.6) is 0 Å².